The topological polar surface area (TPSA) is 134 Å². The summed E-state index contributed by atoms with van der Waals surface area (Å²) in [6.45, 7) is 0. The van der Waals surface area contributed by atoms with Crippen molar-refractivity contribution in [3.05, 3.63) is 23.8 Å². The Hall–Kier alpha value is -1.39. The number of phenols is 2. The molecule has 9 heteroatoms. The fraction of sp³-hybridized carbons (Fsp3) is 0.250. The van der Waals surface area contributed by atoms with Crippen molar-refractivity contribution in [1.82, 2.24) is 0 Å². The van der Waals surface area contributed by atoms with Gasteiger partial charge in [0.25, 0.3) is 5.79 Å². The van der Waals surface area contributed by atoms with E-state index >= 15 is 0 Å². The summed E-state index contributed by atoms with van der Waals surface area (Å²) in [5, 5.41) is 37.6. The highest BCUT2D eigenvalue weighted by molar-refractivity contribution is 7.82. The van der Waals surface area contributed by atoms with E-state index in [4.69, 9.17) is 5.11 Å². The summed E-state index contributed by atoms with van der Waals surface area (Å²) in [5.41, 5.74) is -0.455. The zero-order valence-corrected chi connectivity index (χ0v) is 8.96. The van der Waals surface area contributed by atoms with Crippen LogP contribution >= 0.6 is 0 Å². The summed E-state index contributed by atoms with van der Waals surface area (Å²) in [6, 6.07) is 2.89. The van der Waals surface area contributed by atoms with E-state index in [-0.39, 0.29) is 5.75 Å². The number of hydrogen-bond donors (Lipinski definition) is 4. The zero-order valence-electron chi connectivity index (χ0n) is 8.14. The molecule has 0 radical (unpaired) electrons. The van der Waals surface area contributed by atoms with Crippen LogP contribution in [-0.2, 0) is 24.6 Å². The third kappa shape index (κ3) is 1.94. The molecule has 1 aromatic rings. The van der Waals surface area contributed by atoms with Crippen LogP contribution in [0.1, 0.15) is 5.56 Å². The largest absolute Gasteiger partial charge is 0.508 e. The van der Waals surface area contributed by atoms with Crippen molar-refractivity contribution in [2.24, 2.45) is 0 Å². The molecule has 0 amide bonds. The first kappa shape index (κ1) is 12.1. The SMILES string of the molecule is O=S1(=O)OC(O)C(O)(c2ccc(O)cc2O)O1. The van der Waals surface area contributed by atoms with Gasteiger partial charge in [-0.25, -0.2) is 8.37 Å². The minimum atomic E-state index is -4.55. The summed E-state index contributed by atoms with van der Waals surface area (Å²) >= 11 is 0. The Bertz CT molecular complexity index is 553. The minimum absolute atomic E-state index is 0.314. The summed E-state index contributed by atoms with van der Waals surface area (Å²) in [7, 11) is -4.55. The monoisotopic (exact) mass is 264 g/mol. The molecule has 0 aromatic heterocycles. The second-order valence-electron chi connectivity index (χ2n) is 3.34. The number of hydrogen-bond acceptors (Lipinski definition) is 8. The minimum Gasteiger partial charge on any atom is -0.508 e. The quantitative estimate of drug-likeness (QED) is 0.499. The van der Waals surface area contributed by atoms with Crippen LogP contribution in [0.4, 0.5) is 0 Å². The van der Waals surface area contributed by atoms with Crippen molar-refractivity contribution in [3.63, 3.8) is 0 Å². The lowest BCUT2D eigenvalue weighted by atomic mass is 10.0. The first-order valence-corrected chi connectivity index (χ1v) is 5.65. The Balaban J connectivity index is 2.53. The van der Waals surface area contributed by atoms with Gasteiger partial charge in [-0.15, -0.1) is 0 Å². The lowest BCUT2D eigenvalue weighted by molar-refractivity contribution is -0.231. The molecule has 1 saturated heterocycles. The van der Waals surface area contributed by atoms with E-state index in [1.54, 1.807) is 0 Å². The summed E-state index contributed by atoms with van der Waals surface area (Å²) < 4.78 is 30.0. The maximum atomic E-state index is 10.9. The maximum Gasteiger partial charge on any atom is 0.405 e. The third-order valence-electron chi connectivity index (χ3n) is 2.14. The number of rotatable bonds is 1. The summed E-state index contributed by atoms with van der Waals surface area (Å²) in [4.78, 5) is 0. The number of aliphatic hydroxyl groups excluding tert-OH is 1. The molecule has 1 heterocycles. The first-order valence-electron chi connectivity index (χ1n) is 4.31. The molecule has 17 heavy (non-hydrogen) atoms. The first-order chi connectivity index (χ1) is 7.74. The third-order valence-corrected chi connectivity index (χ3v) is 3.02. The van der Waals surface area contributed by atoms with Crippen LogP contribution < -0.4 is 0 Å². The van der Waals surface area contributed by atoms with Crippen molar-refractivity contribution < 1.29 is 37.2 Å². The Labute approximate surface area is 95.6 Å². The van der Waals surface area contributed by atoms with Gasteiger partial charge < -0.3 is 20.4 Å². The standard InChI is InChI=1S/C8H8O8S/c9-4-1-2-5(6(10)3-4)8(12)7(11)15-17(13,14)16-8/h1-3,7,9-12H. The molecule has 1 aromatic carbocycles. The van der Waals surface area contributed by atoms with Gasteiger partial charge in [-0.1, -0.05) is 0 Å². The number of phenolic OH excluding ortho intramolecular Hbond substituents is 2. The van der Waals surface area contributed by atoms with Crippen molar-refractivity contribution in [2.75, 3.05) is 0 Å². The Morgan fingerprint density at radius 3 is 2.41 bits per heavy atom. The van der Waals surface area contributed by atoms with Crippen LogP contribution in [0.15, 0.2) is 18.2 Å². The zero-order chi connectivity index (χ0) is 12.8. The van der Waals surface area contributed by atoms with E-state index in [0.717, 1.165) is 18.2 Å². The van der Waals surface area contributed by atoms with Crippen molar-refractivity contribution in [3.8, 4) is 11.5 Å². The Kier molecular flexibility index (Phi) is 2.52. The molecule has 0 saturated carbocycles. The molecule has 0 bridgehead atoms. The van der Waals surface area contributed by atoms with Crippen LogP contribution in [0.5, 0.6) is 11.5 Å². The molecular formula is C8H8O8S. The normalized spacial score (nSPS) is 31.5. The average Bonchev–Trinajstić information content (AvgIpc) is 2.35. The van der Waals surface area contributed by atoms with Gasteiger partial charge in [0.1, 0.15) is 11.5 Å². The van der Waals surface area contributed by atoms with E-state index in [0.29, 0.717) is 0 Å². The Morgan fingerprint density at radius 2 is 1.94 bits per heavy atom. The molecule has 1 fully saturated rings. The van der Waals surface area contributed by atoms with Crippen LogP contribution in [0, 0.1) is 0 Å². The molecule has 0 aliphatic carbocycles. The summed E-state index contributed by atoms with van der Waals surface area (Å²) in [5.74, 6) is -3.73. The summed E-state index contributed by atoms with van der Waals surface area (Å²) in [6.07, 6.45) is -2.22. The average molecular weight is 264 g/mol. The molecule has 4 N–H and O–H groups in total. The van der Waals surface area contributed by atoms with Crippen molar-refractivity contribution >= 4 is 10.4 Å². The lowest BCUT2D eigenvalue weighted by Gasteiger charge is -2.22. The predicted octanol–water partition coefficient (Wildman–Crippen LogP) is -1.15. The van der Waals surface area contributed by atoms with Gasteiger partial charge in [0.2, 0.25) is 6.29 Å². The van der Waals surface area contributed by atoms with Gasteiger partial charge in [-0.05, 0) is 12.1 Å². The van der Waals surface area contributed by atoms with E-state index in [1.165, 1.54) is 0 Å². The van der Waals surface area contributed by atoms with Gasteiger partial charge in [0.15, 0.2) is 0 Å². The number of aliphatic hydroxyl groups is 2. The van der Waals surface area contributed by atoms with Crippen LogP contribution in [0.2, 0.25) is 0 Å². The molecule has 2 atom stereocenters. The van der Waals surface area contributed by atoms with Gasteiger partial charge in [0, 0.05) is 6.07 Å². The second kappa shape index (κ2) is 3.55. The fourth-order valence-corrected chi connectivity index (χ4v) is 2.27. The van der Waals surface area contributed by atoms with Crippen LogP contribution in [-0.4, -0.2) is 35.1 Å². The highest BCUT2D eigenvalue weighted by Gasteiger charge is 2.54. The molecule has 94 valence electrons. The molecule has 8 nitrogen and oxygen atoms in total. The van der Waals surface area contributed by atoms with E-state index in [2.05, 4.69) is 8.37 Å². The van der Waals surface area contributed by atoms with E-state index < -0.39 is 33.8 Å². The lowest BCUT2D eigenvalue weighted by Crippen LogP contribution is -2.36. The smallest absolute Gasteiger partial charge is 0.405 e. The second-order valence-corrected chi connectivity index (χ2v) is 4.51. The van der Waals surface area contributed by atoms with Crippen molar-refractivity contribution in [1.29, 1.82) is 0 Å². The number of aromatic hydroxyl groups is 2. The highest BCUT2D eigenvalue weighted by Crippen LogP contribution is 2.41. The predicted molar refractivity (Wildman–Crippen MR) is 50.8 cm³/mol. The molecule has 0 spiro atoms. The fourth-order valence-electron chi connectivity index (χ4n) is 1.39. The van der Waals surface area contributed by atoms with E-state index in [1.807, 2.05) is 0 Å². The van der Waals surface area contributed by atoms with Gasteiger partial charge in [0.05, 0.1) is 5.56 Å². The van der Waals surface area contributed by atoms with Crippen LogP contribution in [0.25, 0.3) is 0 Å². The van der Waals surface area contributed by atoms with Crippen molar-refractivity contribution in [2.45, 2.75) is 12.1 Å². The van der Waals surface area contributed by atoms with Crippen LogP contribution in [0.3, 0.4) is 0 Å². The highest BCUT2D eigenvalue weighted by atomic mass is 32.3. The molecule has 2 unspecified atom stereocenters. The molecule has 1 aliphatic rings. The van der Waals surface area contributed by atoms with E-state index in [9.17, 15) is 23.7 Å². The van der Waals surface area contributed by atoms with Gasteiger partial charge in [-0.2, -0.15) is 8.42 Å². The Morgan fingerprint density at radius 1 is 1.29 bits per heavy atom. The molecule has 1 aliphatic heterocycles. The number of benzene rings is 1. The van der Waals surface area contributed by atoms with Gasteiger partial charge >= 0.3 is 10.4 Å². The maximum absolute atomic E-state index is 10.9. The molecular weight excluding hydrogens is 256 g/mol. The van der Waals surface area contributed by atoms with Gasteiger partial charge in [-0.3, -0.25) is 0 Å². The molecule has 2 rings (SSSR count).